The Kier molecular flexibility index (Phi) is 10.7. The van der Waals surface area contributed by atoms with E-state index in [-0.39, 0.29) is 11.0 Å². The molecule has 2 aromatic carbocycles. The van der Waals surface area contributed by atoms with E-state index in [1.54, 1.807) is 0 Å². The lowest BCUT2D eigenvalue weighted by Gasteiger charge is -2.47. The molecule has 38 heavy (non-hydrogen) atoms. The van der Waals surface area contributed by atoms with Gasteiger partial charge >= 0.3 is 5.97 Å². The van der Waals surface area contributed by atoms with E-state index in [4.69, 9.17) is 18.6 Å². The lowest BCUT2D eigenvalue weighted by Crippen LogP contribution is -2.58. The van der Waals surface area contributed by atoms with E-state index < -0.39 is 38.7 Å². The molecule has 2 aromatic rings. The van der Waals surface area contributed by atoms with Gasteiger partial charge in [0.1, 0.15) is 18.3 Å². The summed E-state index contributed by atoms with van der Waals surface area (Å²) in [6.07, 6.45) is -2.39. The van der Waals surface area contributed by atoms with Crippen molar-refractivity contribution < 1.29 is 28.5 Å². The van der Waals surface area contributed by atoms with Gasteiger partial charge in [0.25, 0.3) is 0 Å². The SMILES string of the molecule is CC(=O)O[C@H]1C[C@H](CO[Si](C)(C)C(C)(C)C(C)C)[C@@H](OCc2ccccc2)[C@H](OCc2ccccc2)[C@H]1O. The second-order valence-electron chi connectivity index (χ2n) is 11.9. The Morgan fingerprint density at radius 1 is 0.947 bits per heavy atom. The average Bonchev–Trinajstić information content (AvgIpc) is 2.88. The van der Waals surface area contributed by atoms with Crippen LogP contribution in [0.5, 0.6) is 0 Å². The summed E-state index contributed by atoms with van der Waals surface area (Å²) in [4.78, 5) is 11.9. The fourth-order valence-corrected chi connectivity index (χ4v) is 7.29. The second-order valence-corrected chi connectivity index (χ2v) is 16.5. The van der Waals surface area contributed by atoms with Crippen molar-refractivity contribution in [2.45, 2.75) is 96.8 Å². The number of aliphatic hydroxyl groups is 1. The second kappa shape index (κ2) is 13.4. The molecule has 0 saturated heterocycles. The third-order valence-corrected chi connectivity index (χ3v) is 13.2. The van der Waals surface area contributed by atoms with Gasteiger partial charge in [0.2, 0.25) is 0 Å². The van der Waals surface area contributed by atoms with Gasteiger partial charge in [-0.05, 0) is 41.6 Å². The normalized spacial score (nSPS) is 24.4. The standard InChI is InChI=1S/C31H46O6Si/c1-22(2)31(4,5)38(6,7)36-21-26-18-27(37-23(3)32)28(33)30(35-20-25-16-12-9-13-17-25)29(26)34-19-24-14-10-8-11-15-24/h8-17,22,26-30,33H,18-21H2,1-7H3/t26-,27+,28+,29-,30-/m1/s1. The zero-order valence-corrected chi connectivity index (χ0v) is 25.1. The lowest BCUT2D eigenvalue weighted by atomic mass is 9.80. The van der Waals surface area contributed by atoms with Crippen molar-refractivity contribution >= 4 is 14.3 Å². The van der Waals surface area contributed by atoms with Crippen LogP contribution in [0.1, 0.15) is 52.2 Å². The van der Waals surface area contributed by atoms with Crippen LogP contribution in [0.4, 0.5) is 0 Å². The molecule has 1 N–H and O–H groups in total. The zero-order chi connectivity index (χ0) is 27.9. The maximum absolute atomic E-state index is 11.9. The van der Waals surface area contributed by atoms with Crippen molar-refractivity contribution in [1.82, 2.24) is 0 Å². The van der Waals surface area contributed by atoms with E-state index in [1.165, 1.54) is 6.92 Å². The summed E-state index contributed by atoms with van der Waals surface area (Å²) in [5, 5.41) is 11.4. The minimum atomic E-state index is -2.13. The molecule has 210 valence electrons. The molecule has 0 radical (unpaired) electrons. The van der Waals surface area contributed by atoms with Crippen LogP contribution in [0.2, 0.25) is 18.1 Å². The minimum Gasteiger partial charge on any atom is -0.460 e. The summed E-state index contributed by atoms with van der Waals surface area (Å²) in [5.74, 6) is -0.0741. The molecule has 0 heterocycles. The van der Waals surface area contributed by atoms with Crippen LogP contribution in [-0.4, -0.2) is 50.4 Å². The van der Waals surface area contributed by atoms with Gasteiger partial charge in [-0.2, -0.15) is 0 Å². The van der Waals surface area contributed by atoms with Crippen LogP contribution >= 0.6 is 0 Å². The predicted molar refractivity (Wildman–Crippen MR) is 152 cm³/mol. The number of carbonyl (C=O) groups is 1. The van der Waals surface area contributed by atoms with Crippen molar-refractivity contribution in [3.05, 3.63) is 71.8 Å². The van der Waals surface area contributed by atoms with Gasteiger partial charge in [0.05, 0.1) is 19.3 Å². The van der Waals surface area contributed by atoms with Crippen LogP contribution in [-0.2, 0) is 36.6 Å². The number of ether oxygens (including phenoxy) is 3. The highest BCUT2D eigenvalue weighted by atomic mass is 28.4. The first kappa shape index (κ1) is 30.5. The number of aliphatic hydroxyl groups excluding tert-OH is 1. The monoisotopic (exact) mass is 542 g/mol. The minimum absolute atomic E-state index is 0.0556. The fourth-order valence-electron chi connectivity index (χ4n) is 4.89. The van der Waals surface area contributed by atoms with E-state index in [0.29, 0.717) is 32.2 Å². The Balaban J connectivity index is 1.88. The van der Waals surface area contributed by atoms with Crippen LogP contribution in [0.3, 0.4) is 0 Å². The Morgan fingerprint density at radius 2 is 1.45 bits per heavy atom. The zero-order valence-electron chi connectivity index (χ0n) is 24.1. The molecule has 1 saturated carbocycles. The molecule has 0 aromatic heterocycles. The summed E-state index contributed by atoms with van der Waals surface area (Å²) in [6.45, 7) is 16.1. The first-order chi connectivity index (χ1) is 17.9. The number of hydrogen-bond donors (Lipinski definition) is 1. The first-order valence-corrected chi connectivity index (χ1v) is 16.6. The topological polar surface area (TPSA) is 74.2 Å². The molecular formula is C31H46O6Si. The highest BCUT2D eigenvalue weighted by Gasteiger charge is 2.49. The fraction of sp³-hybridized carbons (Fsp3) is 0.581. The van der Waals surface area contributed by atoms with Gasteiger partial charge in [-0.25, -0.2) is 0 Å². The quantitative estimate of drug-likeness (QED) is 0.257. The Morgan fingerprint density at radius 3 is 1.92 bits per heavy atom. The molecule has 6 nitrogen and oxygen atoms in total. The highest BCUT2D eigenvalue weighted by molar-refractivity contribution is 6.74. The molecule has 0 aliphatic heterocycles. The smallest absolute Gasteiger partial charge is 0.302 e. The summed E-state index contributed by atoms with van der Waals surface area (Å²) < 4.78 is 25.2. The highest BCUT2D eigenvalue weighted by Crippen LogP contribution is 2.45. The largest absolute Gasteiger partial charge is 0.460 e. The Bertz CT molecular complexity index is 994. The molecule has 1 aliphatic carbocycles. The maximum atomic E-state index is 11.9. The van der Waals surface area contributed by atoms with Crippen molar-refractivity contribution in [3.63, 3.8) is 0 Å². The van der Waals surface area contributed by atoms with E-state index in [0.717, 1.165) is 11.1 Å². The molecule has 1 fully saturated rings. The lowest BCUT2D eigenvalue weighted by molar-refractivity contribution is -0.214. The van der Waals surface area contributed by atoms with E-state index >= 15 is 0 Å². The van der Waals surface area contributed by atoms with E-state index in [9.17, 15) is 9.90 Å². The van der Waals surface area contributed by atoms with E-state index in [2.05, 4.69) is 40.8 Å². The van der Waals surface area contributed by atoms with Crippen LogP contribution in [0, 0.1) is 11.8 Å². The molecule has 3 rings (SSSR count). The van der Waals surface area contributed by atoms with Gasteiger partial charge in [-0.3, -0.25) is 4.79 Å². The van der Waals surface area contributed by atoms with Gasteiger partial charge in [-0.15, -0.1) is 0 Å². The van der Waals surface area contributed by atoms with Crippen molar-refractivity contribution in [2.24, 2.45) is 11.8 Å². The van der Waals surface area contributed by atoms with Crippen molar-refractivity contribution in [1.29, 1.82) is 0 Å². The van der Waals surface area contributed by atoms with Crippen LogP contribution < -0.4 is 0 Å². The third kappa shape index (κ3) is 7.76. The molecule has 0 amide bonds. The predicted octanol–water partition coefficient (Wildman–Crippen LogP) is 6.13. The molecule has 7 heteroatoms. The summed E-state index contributed by atoms with van der Waals surface area (Å²) in [5.41, 5.74) is 2.04. The molecule has 1 aliphatic rings. The molecule has 0 spiro atoms. The summed E-state index contributed by atoms with van der Waals surface area (Å²) >= 11 is 0. The molecular weight excluding hydrogens is 496 g/mol. The van der Waals surface area contributed by atoms with Gasteiger partial charge < -0.3 is 23.7 Å². The number of carbonyl (C=O) groups excluding carboxylic acids is 1. The molecule has 0 bridgehead atoms. The number of benzene rings is 2. The molecule has 5 atom stereocenters. The maximum Gasteiger partial charge on any atom is 0.302 e. The molecule has 0 unspecified atom stereocenters. The Hall–Kier alpha value is -2.03. The van der Waals surface area contributed by atoms with Crippen molar-refractivity contribution in [2.75, 3.05) is 6.61 Å². The van der Waals surface area contributed by atoms with Crippen molar-refractivity contribution in [3.8, 4) is 0 Å². The van der Waals surface area contributed by atoms with Gasteiger partial charge in [-0.1, -0.05) is 88.4 Å². The van der Waals surface area contributed by atoms with E-state index in [1.807, 2.05) is 60.7 Å². The number of hydrogen-bond acceptors (Lipinski definition) is 6. The Labute approximate surface area is 229 Å². The number of esters is 1. The summed E-state index contributed by atoms with van der Waals surface area (Å²) in [7, 11) is -2.13. The number of rotatable bonds is 12. The third-order valence-electron chi connectivity index (χ3n) is 8.58. The summed E-state index contributed by atoms with van der Waals surface area (Å²) in [6, 6.07) is 19.8. The van der Waals surface area contributed by atoms with Gasteiger partial charge in [0, 0.05) is 19.4 Å². The first-order valence-electron chi connectivity index (χ1n) is 13.7. The van der Waals surface area contributed by atoms with Crippen LogP contribution in [0.15, 0.2) is 60.7 Å². The van der Waals surface area contributed by atoms with Gasteiger partial charge in [0.15, 0.2) is 8.32 Å². The van der Waals surface area contributed by atoms with Crippen LogP contribution in [0.25, 0.3) is 0 Å². The average molecular weight is 543 g/mol.